The van der Waals surface area contributed by atoms with Gasteiger partial charge in [-0.15, -0.1) is 0 Å². The summed E-state index contributed by atoms with van der Waals surface area (Å²) in [5, 5.41) is 10.7. The zero-order valence-corrected chi connectivity index (χ0v) is 10.8. The average molecular weight is 238 g/mol. The van der Waals surface area contributed by atoms with Gasteiger partial charge in [0.25, 0.3) is 0 Å². The van der Waals surface area contributed by atoms with Crippen molar-refractivity contribution in [3.8, 4) is 5.75 Å². The van der Waals surface area contributed by atoms with Gasteiger partial charge in [-0.25, -0.2) is 0 Å². The molecular weight excluding hydrogens is 220 g/mol. The molecule has 1 aromatic rings. The summed E-state index contributed by atoms with van der Waals surface area (Å²) in [5.41, 5.74) is 3.43. The molecule has 0 bridgehead atoms. The Hall–Kier alpha value is -0.670. The third-order valence-corrected chi connectivity index (χ3v) is 4.72. The van der Waals surface area contributed by atoms with Crippen molar-refractivity contribution in [3.63, 3.8) is 0 Å². The lowest BCUT2D eigenvalue weighted by Gasteiger charge is -2.31. The summed E-state index contributed by atoms with van der Waals surface area (Å²) in [7, 11) is 1.69. The molecule has 0 aromatic heterocycles. The molecule has 0 radical (unpaired) electrons. The van der Waals surface area contributed by atoms with Crippen LogP contribution in [0.1, 0.15) is 36.1 Å². The van der Waals surface area contributed by atoms with Crippen LogP contribution in [-0.2, 0) is 5.75 Å². The summed E-state index contributed by atoms with van der Waals surface area (Å²) in [4.78, 5) is 0. The average Bonchev–Trinajstić information content (AvgIpc) is 2.30. The molecule has 3 heteroatoms. The van der Waals surface area contributed by atoms with Gasteiger partial charge in [-0.2, -0.15) is 11.8 Å². The van der Waals surface area contributed by atoms with Gasteiger partial charge in [-0.05, 0) is 30.5 Å². The van der Waals surface area contributed by atoms with Crippen LogP contribution < -0.4 is 4.74 Å². The van der Waals surface area contributed by atoms with Crippen molar-refractivity contribution in [2.24, 2.45) is 0 Å². The van der Waals surface area contributed by atoms with E-state index in [0.717, 1.165) is 23.5 Å². The molecule has 0 spiro atoms. The van der Waals surface area contributed by atoms with Crippen LogP contribution in [0.5, 0.6) is 5.75 Å². The molecule has 1 heterocycles. The smallest absolute Gasteiger partial charge is 0.123 e. The van der Waals surface area contributed by atoms with Crippen molar-refractivity contribution in [2.75, 3.05) is 7.11 Å². The van der Waals surface area contributed by atoms with Crippen molar-refractivity contribution in [2.45, 2.75) is 37.4 Å². The topological polar surface area (TPSA) is 29.5 Å². The van der Waals surface area contributed by atoms with Crippen LogP contribution in [0.3, 0.4) is 0 Å². The minimum atomic E-state index is -0.353. The molecule has 0 saturated carbocycles. The normalized spacial score (nSPS) is 24.0. The summed E-state index contributed by atoms with van der Waals surface area (Å²) in [6.07, 6.45) is 0.649. The number of thioether (sulfide) groups is 1. The summed E-state index contributed by atoms with van der Waals surface area (Å²) in [6, 6.07) is 4.03. The van der Waals surface area contributed by atoms with E-state index in [4.69, 9.17) is 4.74 Å². The maximum Gasteiger partial charge on any atom is 0.123 e. The zero-order valence-electron chi connectivity index (χ0n) is 9.99. The number of rotatable bonds is 2. The first kappa shape index (κ1) is 11.8. The third-order valence-electron chi connectivity index (χ3n) is 3.24. The number of fused-ring (bicyclic) bond motifs is 1. The second kappa shape index (κ2) is 4.68. The highest BCUT2D eigenvalue weighted by atomic mass is 32.2. The van der Waals surface area contributed by atoms with E-state index in [1.807, 2.05) is 23.9 Å². The maximum atomic E-state index is 10.3. The van der Waals surface area contributed by atoms with E-state index in [1.54, 1.807) is 7.11 Å². The SMILES string of the molecule is CCC1SCc2c(OC)ccc(C)c2C1O. The fourth-order valence-electron chi connectivity index (χ4n) is 2.32. The molecule has 2 unspecified atom stereocenters. The molecule has 88 valence electrons. The van der Waals surface area contributed by atoms with Crippen LogP contribution in [0.15, 0.2) is 12.1 Å². The predicted octanol–water partition coefficient (Wildman–Crippen LogP) is 3.06. The fraction of sp³-hybridized carbons (Fsp3) is 0.538. The van der Waals surface area contributed by atoms with Gasteiger partial charge < -0.3 is 9.84 Å². The Morgan fingerprint density at radius 1 is 1.50 bits per heavy atom. The molecule has 2 nitrogen and oxygen atoms in total. The van der Waals surface area contributed by atoms with E-state index in [-0.39, 0.29) is 6.10 Å². The van der Waals surface area contributed by atoms with Gasteiger partial charge in [0.15, 0.2) is 0 Å². The van der Waals surface area contributed by atoms with Gasteiger partial charge in [0.05, 0.1) is 13.2 Å². The van der Waals surface area contributed by atoms with Gasteiger partial charge >= 0.3 is 0 Å². The number of benzene rings is 1. The third kappa shape index (κ3) is 1.82. The minimum Gasteiger partial charge on any atom is -0.496 e. The first-order chi connectivity index (χ1) is 7.69. The van der Waals surface area contributed by atoms with Gasteiger partial charge in [0.1, 0.15) is 5.75 Å². The van der Waals surface area contributed by atoms with Crippen molar-refractivity contribution in [1.82, 2.24) is 0 Å². The molecule has 0 fully saturated rings. The summed E-state index contributed by atoms with van der Waals surface area (Å²) < 4.78 is 5.36. The molecular formula is C13H18O2S. The molecule has 1 aliphatic rings. The van der Waals surface area contributed by atoms with Crippen LogP contribution >= 0.6 is 11.8 Å². The monoisotopic (exact) mass is 238 g/mol. The summed E-state index contributed by atoms with van der Waals surface area (Å²) in [6.45, 7) is 4.19. The fourth-order valence-corrected chi connectivity index (χ4v) is 3.55. The molecule has 1 aromatic carbocycles. The lowest BCUT2D eigenvalue weighted by Crippen LogP contribution is -2.22. The first-order valence-electron chi connectivity index (χ1n) is 5.65. The molecule has 2 rings (SSSR count). The quantitative estimate of drug-likeness (QED) is 0.858. The van der Waals surface area contributed by atoms with Crippen molar-refractivity contribution < 1.29 is 9.84 Å². The molecule has 2 atom stereocenters. The van der Waals surface area contributed by atoms with E-state index in [0.29, 0.717) is 5.25 Å². The Balaban J connectivity index is 2.50. The molecule has 1 aliphatic heterocycles. The van der Waals surface area contributed by atoms with Crippen LogP contribution in [0.2, 0.25) is 0 Å². The zero-order chi connectivity index (χ0) is 11.7. The number of methoxy groups -OCH3 is 1. The number of aliphatic hydroxyl groups is 1. The highest BCUT2D eigenvalue weighted by Crippen LogP contribution is 2.43. The predicted molar refractivity (Wildman–Crippen MR) is 68.1 cm³/mol. The van der Waals surface area contributed by atoms with Crippen LogP contribution in [0.25, 0.3) is 0 Å². The Morgan fingerprint density at radius 2 is 2.25 bits per heavy atom. The highest BCUT2D eigenvalue weighted by Gasteiger charge is 2.30. The van der Waals surface area contributed by atoms with E-state index >= 15 is 0 Å². The van der Waals surface area contributed by atoms with Gasteiger partial charge in [0, 0.05) is 16.6 Å². The van der Waals surface area contributed by atoms with Crippen LogP contribution in [0.4, 0.5) is 0 Å². The maximum absolute atomic E-state index is 10.3. The molecule has 0 saturated heterocycles. The Labute approximate surface area is 101 Å². The minimum absolute atomic E-state index is 0.318. The first-order valence-corrected chi connectivity index (χ1v) is 6.70. The largest absolute Gasteiger partial charge is 0.496 e. The molecule has 0 aliphatic carbocycles. The van der Waals surface area contributed by atoms with Gasteiger partial charge in [-0.1, -0.05) is 13.0 Å². The molecule has 16 heavy (non-hydrogen) atoms. The number of aliphatic hydroxyl groups excluding tert-OH is 1. The highest BCUT2D eigenvalue weighted by molar-refractivity contribution is 7.99. The number of hydrogen-bond acceptors (Lipinski definition) is 3. The molecule has 1 N–H and O–H groups in total. The van der Waals surface area contributed by atoms with E-state index in [9.17, 15) is 5.11 Å². The van der Waals surface area contributed by atoms with Crippen molar-refractivity contribution in [1.29, 1.82) is 0 Å². The number of hydrogen-bond donors (Lipinski definition) is 1. The lowest BCUT2D eigenvalue weighted by atomic mass is 9.94. The molecule has 0 amide bonds. The summed E-state index contributed by atoms with van der Waals surface area (Å²) >= 11 is 1.82. The number of ether oxygens (including phenoxy) is 1. The standard InChI is InChI=1S/C13H18O2S/c1-4-11-13(14)12-8(2)5-6-10(15-3)9(12)7-16-11/h5-6,11,13-14H,4,7H2,1-3H3. The van der Waals surface area contributed by atoms with Gasteiger partial charge in [-0.3, -0.25) is 0 Å². The van der Waals surface area contributed by atoms with Crippen LogP contribution in [0, 0.1) is 6.92 Å². The van der Waals surface area contributed by atoms with Gasteiger partial charge in [0.2, 0.25) is 0 Å². The van der Waals surface area contributed by atoms with E-state index in [2.05, 4.69) is 13.8 Å². The Bertz CT molecular complexity index is 390. The van der Waals surface area contributed by atoms with Crippen molar-refractivity contribution >= 4 is 11.8 Å². The Morgan fingerprint density at radius 3 is 2.88 bits per heavy atom. The Kier molecular flexibility index (Phi) is 3.45. The lowest BCUT2D eigenvalue weighted by molar-refractivity contribution is 0.169. The summed E-state index contributed by atoms with van der Waals surface area (Å²) in [5.74, 6) is 1.84. The van der Waals surface area contributed by atoms with Crippen molar-refractivity contribution in [3.05, 3.63) is 28.8 Å². The van der Waals surface area contributed by atoms with E-state index in [1.165, 1.54) is 11.1 Å². The van der Waals surface area contributed by atoms with E-state index < -0.39 is 0 Å². The second-order valence-corrected chi connectivity index (χ2v) is 5.41. The van der Waals surface area contributed by atoms with Crippen LogP contribution in [-0.4, -0.2) is 17.5 Å². The second-order valence-electron chi connectivity index (χ2n) is 4.18. The number of aryl methyl sites for hydroxylation is 1.